The molecule has 4 N–H and O–H groups in total. The van der Waals surface area contributed by atoms with Crippen LogP contribution in [-0.4, -0.2) is 64.2 Å². The van der Waals surface area contributed by atoms with Crippen LogP contribution in [0.3, 0.4) is 0 Å². The number of hydrogen-bond acceptors (Lipinski definition) is 10. The fraction of sp³-hybridized carbons (Fsp3) is 0.0455. The third-order valence-electron chi connectivity index (χ3n) is 26.8. The number of fused-ring (bicyclic) bond motifs is 6. The first-order valence-electron chi connectivity index (χ1n) is 48.8. The van der Waals surface area contributed by atoms with Gasteiger partial charge in [0.25, 0.3) is 0 Å². The Hall–Kier alpha value is -16.7. The van der Waals surface area contributed by atoms with Gasteiger partial charge in [-0.15, -0.1) is 0 Å². The highest BCUT2D eigenvalue weighted by Gasteiger charge is 2.37. The van der Waals surface area contributed by atoms with Crippen LogP contribution in [0.2, 0.25) is 15.1 Å². The lowest BCUT2D eigenvalue weighted by molar-refractivity contribution is 0.424. The minimum absolute atomic E-state index is 0.00501. The average molecular weight is 1960 g/mol. The first-order chi connectivity index (χ1) is 71.7. The van der Waals surface area contributed by atoms with Crippen molar-refractivity contribution < 1.29 is 20.1 Å². The molecular formula is C132H99B2Cl3N6O4. The Morgan fingerprint density at radius 3 is 0.639 bits per heavy atom. The molecule has 22 aromatic rings. The average Bonchev–Trinajstić information content (AvgIpc) is 1.58. The third-order valence-corrected chi connectivity index (χ3v) is 27.5. The van der Waals surface area contributed by atoms with E-state index in [1.165, 1.54) is 67.3 Å². The van der Waals surface area contributed by atoms with E-state index in [2.05, 4.69) is 319 Å². The summed E-state index contributed by atoms with van der Waals surface area (Å²) >= 11 is 18.0. The van der Waals surface area contributed by atoms with Crippen molar-refractivity contribution >= 4 is 60.0 Å². The first-order valence-corrected chi connectivity index (χ1v) is 50.0. The standard InChI is InChI=1S/C49H36N2.C34H23ClN2.C28H19ClN2.C15H15BO2.C6H6BClO2/c1-49(2)44-25-10-9-24-42(44)43-31-40(26-27-45(43)49)38-21-12-19-36(29-38)35-18-11-20-37(28-35)39-22-13-23-41(30-39)48-50-46(33-14-5-3-6-15-33)32-47(51-48)34-16-7-4-8-17-34;35-31-19-9-17-29(22-31)27-15-7-14-26(20-27)28-16-8-18-30(21-28)34-36-32(24-10-3-1-4-11-24)23-33(37-34)25-12-5-2-6-13-25;29-25-16-8-14-23(18-25)22-13-7-15-24(17-22)28-30-26(20-9-3-1-4-10-20)19-27(31-28)21-11-5-2-6-12-21;1-15(2)13-6-4-3-5-11(13)12-9-10(16(17)18)7-8-14(12)15;8-6-3-1-2-5(4-6)7(9)10/h3-32H,1-2H3;1-23H;1-19H;3-9,17-18H,1-2H3;1-4,9-10H. The van der Waals surface area contributed by atoms with Crippen LogP contribution in [0, 0.1) is 0 Å². The molecule has 0 fully saturated rings. The van der Waals surface area contributed by atoms with Gasteiger partial charge >= 0.3 is 14.2 Å². The lowest BCUT2D eigenvalue weighted by atomic mass is 9.77. The summed E-state index contributed by atoms with van der Waals surface area (Å²) in [4.78, 5) is 29.9. The lowest BCUT2D eigenvalue weighted by Crippen LogP contribution is -2.30. The Morgan fingerprint density at radius 1 is 0.163 bits per heavy atom. The van der Waals surface area contributed by atoms with E-state index in [0.29, 0.717) is 33.4 Å². The first kappa shape index (κ1) is 97.7. The van der Waals surface area contributed by atoms with E-state index in [0.717, 1.165) is 144 Å². The van der Waals surface area contributed by atoms with E-state index in [1.54, 1.807) is 24.3 Å². The molecule has 0 unspecified atom stereocenters. The van der Waals surface area contributed by atoms with Crippen molar-refractivity contribution in [3.05, 3.63) is 541 Å². The Labute approximate surface area is 873 Å². The molecular weight excluding hydrogens is 1860 g/mol. The summed E-state index contributed by atoms with van der Waals surface area (Å²) in [5, 5.41) is 37.8. The maximum atomic E-state index is 9.29. The lowest BCUT2D eigenvalue weighted by Gasteiger charge is -2.21. The van der Waals surface area contributed by atoms with Gasteiger partial charge in [-0.05, 0) is 219 Å². The molecule has 0 aliphatic heterocycles. The molecule has 0 atom stereocenters. The second-order valence-electron chi connectivity index (χ2n) is 37.3. The molecule has 0 spiro atoms. The zero-order chi connectivity index (χ0) is 101. The van der Waals surface area contributed by atoms with Crippen LogP contribution in [0.1, 0.15) is 49.9 Å². The summed E-state index contributed by atoms with van der Waals surface area (Å²) in [7, 11) is -2.84. The molecule has 2 aliphatic rings. The smallest absolute Gasteiger partial charge is 0.423 e. The molecule has 0 saturated heterocycles. The van der Waals surface area contributed by atoms with Crippen molar-refractivity contribution in [1.29, 1.82) is 0 Å². The molecule has 0 radical (unpaired) electrons. The zero-order valence-electron chi connectivity index (χ0n) is 81.2. The molecule has 3 heterocycles. The van der Waals surface area contributed by atoms with Crippen LogP contribution in [0.4, 0.5) is 0 Å². The maximum Gasteiger partial charge on any atom is 0.488 e. The number of rotatable bonds is 17. The van der Waals surface area contributed by atoms with Gasteiger partial charge in [-0.2, -0.15) is 0 Å². The van der Waals surface area contributed by atoms with Gasteiger partial charge in [-0.25, -0.2) is 29.9 Å². The van der Waals surface area contributed by atoms with Crippen molar-refractivity contribution in [3.8, 4) is 191 Å². The van der Waals surface area contributed by atoms with Crippen molar-refractivity contribution in [2.45, 2.75) is 38.5 Å². The van der Waals surface area contributed by atoms with Gasteiger partial charge in [-0.1, -0.05) is 469 Å². The fourth-order valence-corrected chi connectivity index (χ4v) is 19.8. The fourth-order valence-electron chi connectivity index (χ4n) is 19.2. The second-order valence-corrected chi connectivity index (χ2v) is 38.6. The summed E-state index contributed by atoms with van der Waals surface area (Å²) in [6.07, 6.45) is 0. The van der Waals surface area contributed by atoms with Crippen molar-refractivity contribution in [3.63, 3.8) is 0 Å². The van der Waals surface area contributed by atoms with Crippen LogP contribution < -0.4 is 10.9 Å². The van der Waals surface area contributed by atoms with Gasteiger partial charge in [0.15, 0.2) is 17.5 Å². The highest BCUT2D eigenvalue weighted by atomic mass is 35.5. The highest BCUT2D eigenvalue weighted by Crippen LogP contribution is 2.51. The van der Waals surface area contributed by atoms with Crippen molar-refractivity contribution in [2.24, 2.45) is 0 Å². The Morgan fingerprint density at radius 2 is 0.367 bits per heavy atom. The van der Waals surface area contributed by atoms with E-state index < -0.39 is 14.2 Å². The molecule has 10 nitrogen and oxygen atoms in total. The molecule has 3 aromatic heterocycles. The Balaban J connectivity index is 0.000000121. The van der Waals surface area contributed by atoms with Crippen LogP contribution in [0.25, 0.3) is 191 Å². The predicted octanol–water partition coefficient (Wildman–Crippen LogP) is 31.7. The SMILES string of the molecule is CC1(C)c2ccccc2-c2cc(-c3cccc(-c4cccc(-c5cccc(-c6nc(-c7ccccc7)cc(-c7ccccc7)n6)c5)c4)c3)ccc21.CC1(C)c2ccccc2-c2cc(B(O)O)ccc21.Clc1cccc(-c2cccc(-c3cccc(-c4nc(-c5ccccc5)cc(-c5ccccc5)n4)c3)c2)c1.Clc1cccc(-c2cccc(-c3nc(-c4ccccc4)cc(-c4ccccc4)n3)c2)c1.OB(O)c1cccc(Cl)c1. The Bertz CT molecular complexity index is 8310. The molecule has 19 aromatic carbocycles. The second kappa shape index (κ2) is 44.2. The normalized spacial score (nSPS) is 11.9. The molecule has 0 amide bonds. The van der Waals surface area contributed by atoms with Gasteiger partial charge in [0, 0.05) is 76.0 Å². The summed E-state index contributed by atoms with van der Waals surface area (Å²) in [5.74, 6) is 2.11. The monoisotopic (exact) mass is 1960 g/mol. The van der Waals surface area contributed by atoms with E-state index >= 15 is 0 Å². The van der Waals surface area contributed by atoms with Gasteiger partial charge in [0.1, 0.15) is 0 Å². The Kier molecular flexibility index (Phi) is 29.4. The number of aromatic nitrogens is 6. The summed E-state index contributed by atoms with van der Waals surface area (Å²) < 4.78 is 0. The van der Waals surface area contributed by atoms with E-state index in [4.69, 9.17) is 74.8 Å². The third kappa shape index (κ3) is 22.5. The largest absolute Gasteiger partial charge is 0.488 e. The van der Waals surface area contributed by atoms with Gasteiger partial charge in [0.2, 0.25) is 0 Å². The molecule has 24 rings (SSSR count). The summed E-state index contributed by atoms with van der Waals surface area (Å²) in [6, 6.07) is 171. The minimum Gasteiger partial charge on any atom is -0.423 e. The number of halogens is 3. The number of nitrogens with zero attached hydrogens (tertiary/aromatic N) is 6. The molecule has 708 valence electrons. The van der Waals surface area contributed by atoms with Gasteiger partial charge in [0.05, 0.1) is 34.2 Å². The van der Waals surface area contributed by atoms with Crippen LogP contribution in [0.15, 0.2) is 504 Å². The van der Waals surface area contributed by atoms with Crippen molar-refractivity contribution in [1.82, 2.24) is 29.9 Å². The van der Waals surface area contributed by atoms with E-state index in [9.17, 15) is 10.0 Å². The molecule has 0 bridgehead atoms. The van der Waals surface area contributed by atoms with Crippen LogP contribution >= 0.6 is 34.8 Å². The predicted molar refractivity (Wildman–Crippen MR) is 610 cm³/mol. The van der Waals surface area contributed by atoms with E-state index in [1.807, 2.05) is 182 Å². The quantitative estimate of drug-likeness (QED) is 0.0647. The van der Waals surface area contributed by atoms with Gasteiger partial charge < -0.3 is 20.1 Å². The molecule has 15 heteroatoms. The van der Waals surface area contributed by atoms with Crippen LogP contribution in [0.5, 0.6) is 0 Å². The summed E-state index contributed by atoms with van der Waals surface area (Å²) in [6.45, 7) is 9.06. The minimum atomic E-state index is -1.43. The molecule has 2 aliphatic carbocycles. The highest BCUT2D eigenvalue weighted by molar-refractivity contribution is 6.59. The van der Waals surface area contributed by atoms with Crippen molar-refractivity contribution in [2.75, 3.05) is 0 Å². The molecule has 147 heavy (non-hydrogen) atoms. The summed E-state index contributed by atoms with van der Waals surface area (Å²) in [5.41, 5.74) is 39.7. The molecule has 0 saturated carbocycles. The maximum absolute atomic E-state index is 9.29. The topological polar surface area (TPSA) is 158 Å². The number of hydrogen-bond donors (Lipinski definition) is 4. The van der Waals surface area contributed by atoms with Gasteiger partial charge in [-0.3, -0.25) is 0 Å². The van der Waals surface area contributed by atoms with Crippen LogP contribution in [-0.2, 0) is 10.8 Å². The zero-order valence-corrected chi connectivity index (χ0v) is 83.4. The number of benzene rings is 19. The van der Waals surface area contributed by atoms with E-state index in [-0.39, 0.29) is 10.8 Å².